The van der Waals surface area contributed by atoms with E-state index in [1.807, 2.05) is 36.4 Å². The Balaban J connectivity index is 1.13. The second kappa shape index (κ2) is 9.90. The standard InChI is InChI=1S/C43H28N4O/c1-43(2)36-11-5-3-9-31(36)35-23-34-26(21-37(35)43)14-13-25-20-27(15-17-30(25)34)40-45-41(47-42(46-40)29-8-7-19-44-24-29)28-16-18-33-32-10-4-6-12-38(32)48-39(33)22-28/h3-24H,1-2H3. The van der Waals surface area contributed by atoms with E-state index in [-0.39, 0.29) is 5.41 Å². The lowest BCUT2D eigenvalue weighted by molar-refractivity contribution is 0.661. The molecule has 0 radical (unpaired) electrons. The van der Waals surface area contributed by atoms with Crippen LogP contribution in [-0.4, -0.2) is 19.9 Å². The maximum absolute atomic E-state index is 6.21. The fourth-order valence-electron chi connectivity index (χ4n) is 7.52. The Hall–Kier alpha value is -6.20. The molecule has 48 heavy (non-hydrogen) atoms. The highest BCUT2D eigenvalue weighted by atomic mass is 16.3. The molecule has 1 aliphatic rings. The van der Waals surface area contributed by atoms with Crippen LogP contribution in [-0.2, 0) is 5.41 Å². The largest absolute Gasteiger partial charge is 0.456 e. The number of aromatic nitrogens is 4. The number of furan rings is 1. The Morgan fingerprint density at radius 3 is 1.98 bits per heavy atom. The van der Waals surface area contributed by atoms with Crippen molar-refractivity contribution in [1.29, 1.82) is 0 Å². The van der Waals surface area contributed by atoms with E-state index >= 15 is 0 Å². The highest BCUT2D eigenvalue weighted by Gasteiger charge is 2.35. The van der Waals surface area contributed by atoms with Gasteiger partial charge in [0.1, 0.15) is 11.2 Å². The van der Waals surface area contributed by atoms with Gasteiger partial charge in [-0.25, -0.2) is 15.0 Å². The van der Waals surface area contributed by atoms with Crippen LogP contribution in [0.1, 0.15) is 25.0 Å². The number of nitrogens with zero attached hydrogens (tertiary/aromatic N) is 4. The number of hydrogen-bond acceptors (Lipinski definition) is 5. The van der Waals surface area contributed by atoms with E-state index in [0.29, 0.717) is 17.5 Å². The number of hydrogen-bond donors (Lipinski definition) is 0. The van der Waals surface area contributed by atoms with Crippen molar-refractivity contribution in [3.8, 4) is 45.3 Å². The van der Waals surface area contributed by atoms with Gasteiger partial charge in [0, 0.05) is 45.3 Å². The first kappa shape index (κ1) is 27.0. The van der Waals surface area contributed by atoms with Gasteiger partial charge in [0.2, 0.25) is 0 Å². The van der Waals surface area contributed by atoms with Crippen LogP contribution in [0.4, 0.5) is 0 Å². The molecule has 6 aromatic carbocycles. The molecule has 0 bridgehead atoms. The van der Waals surface area contributed by atoms with E-state index in [2.05, 4.69) is 104 Å². The van der Waals surface area contributed by atoms with Crippen molar-refractivity contribution in [2.75, 3.05) is 0 Å². The zero-order valence-corrected chi connectivity index (χ0v) is 26.4. The fourth-order valence-corrected chi connectivity index (χ4v) is 7.52. The van der Waals surface area contributed by atoms with Gasteiger partial charge in [-0.15, -0.1) is 0 Å². The molecule has 0 amide bonds. The summed E-state index contributed by atoms with van der Waals surface area (Å²) in [7, 11) is 0. The van der Waals surface area contributed by atoms with Gasteiger partial charge >= 0.3 is 0 Å². The molecule has 0 unspecified atom stereocenters. The number of benzene rings is 6. The quantitative estimate of drug-likeness (QED) is 0.185. The minimum absolute atomic E-state index is 0.0315. The van der Waals surface area contributed by atoms with Crippen LogP contribution in [0.15, 0.2) is 138 Å². The Morgan fingerprint density at radius 2 is 1.17 bits per heavy atom. The third-order valence-electron chi connectivity index (χ3n) is 9.99. The average molecular weight is 617 g/mol. The van der Waals surface area contributed by atoms with Crippen LogP contribution in [0.2, 0.25) is 0 Å². The minimum atomic E-state index is -0.0315. The summed E-state index contributed by atoms with van der Waals surface area (Å²) in [5.74, 6) is 1.76. The molecule has 10 rings (SSSR count). The molecule has 226 valence electrons. The van der Waals surface area contributed by atoms with Gasteiger partial charge in [-0.1, -0.05) is 86.6 Å². The average Bonchev–Trinajstić information content (AvgIpc) is 3.62. The zero-order valence-electron chi connectivity index (χ0n) is 26.4. The van der Waals surface area contributed by atoms with E-state index in [1.165, 1.54) is 38.4 Å². The molecular weight excluding hydrogens is 589 g/mol. The van der Waals surface area contributed by atoms with Gasteiger partial charge < -0.3 is 4.42 Å². The molecule has 3 aromatic heterocycles. The molecule has 0 N–H and O–H groups in total. The molecule has 1 aliphatic carbocycles. The summed E-state index contributed by atoms with van der Waals surface area (Å²) in [6.45, 7) is 4.66. The molecular formula is C43H28N4O. The third-order valence-corrected chi connectivity index (χ3v) is 9.99. The molecule has 0 saturated heterocycles. The van der Waals surface area contributed by atoms with E-state index in [1.54, 1.807) is 12.4 Å². The normalized spacial score (nSPS) is 13.4. The molecule has 0 atom stereocenters. The fraction of sp³-hybridized carbons (Fsp3) is 0.0698. The minimum Gasteiger partial charge on any atom is -0.456 e. The summed E-state index contributed by atoms with van der Waals surface area (Å²) >= 11 is 0. The predicted octanol–water partition coefficient (Wildman–Crippen LogP) is 10.8. The first-order valence-corrected chi connectivity index (χ1v) is 16.2. The van der Waals surface area contributed by atoms with Gasteiger partial charge in [0.15, 0.2) is 17.5 Å². The Labute approximate surface area is 276 Å². The van der Waals surface area contributed by atoms with Crippen molar-refractivity contribution < 1.29 is 4.42 Å². The van der Waals surface area contributed by atoms with E-state index < -0.39 is 0 Å². The van der Waals surface area contributed by atoms with Crippen LogP contribution >= 0.6 is 0 Å². The molecule has 5 nitrogen and oxygen atoms in total. The first-order chi connectivity index (χ1) is 23.5. The van der Waals surface area contributed by atoms with Crippen molar-refractivity contribution in [2.45, 2.75) is 19.3 Å². The maximum Gasteiger partial charge on any atom is 0.165 e. The monoisotopic (exact) mass is 616 g/mol. The Morgan fingerprint density at radius 1 is 0.479 bits per heavy atom. The summed E-state index contributed by atoms with van der Waals surface area (Å²) in [6.07, 6.45) is 3.54. The second-order valence-electron chi connectivity index (χ2n) is 13.1. The maximum atomic E-state index is 6.21. The lowest BCUT2D eigenvalue weighted by atomic mass is 9.81. The summed E-state index contributed by atoms with van der Waals surface area (Å²) in [4.78, 5) is 19.3. The lowest BCUT2D eigenvalue weighted by Crippen LogP contribution is -2.14. The van der Waals surface area contributed by atoms with Gasteiger partial charge in [-0.3, -0.25) is 4.98 Å². The van der Waals surface area contributed by atoms with Crippen LogP contribution in [0.25, 0.3) is 88.8 Å². The smallest absolute Gasteiger partial charge is 0.165 e. The van der Waals surface area contributed by atoms with Crippen LogP contribution in [0, 0.1) is 0 Å². The van der Waals surface area contributed by atoms with Crippen LogP contribution < -0.4 is 0 Å². The molecule has 3 heterocycles. The van der Waals surface area contributed by atoms with Crippen LogP contribution in [0.5, 0.6) is 0 Å². The van der Waals surface area contributed by atoms with Crippen molar-refractivity contribution in [1.82, 2.24) is 19.9 Å². The number of rotatable bonds is 3. The number of fused-ring (bicyclic) bond motifs is 9. The summed E-state index contributed by atoms with van der Waals surface area (Å²) in [5, 5.41) is 7.00. The van der Waals surface area contributed by atoms with Gasteiger partial charge in [-0.2, -0.15) is 0 Å². The molecule has 0 saturated carbocycles. The van der Waals surface area contributed by atoms with Gasteiger partial charge in [0.25, 0.3) is 0 Å². The molecule has 0 aliphatic heterocycles. The first-order valence-electron chi connectivity index (χ1n) is 16.2. The van der Waals surface area contributed by atoms with Crippen molar-refractivity contribution >= 4 is 43.5 Å². The van der Waals surface area contributed by atoms with Crippen molar-refractivity contribution in [3.05, 3.63) is 145 Å². The molecule has 9 aromatic rings. The van der Waals surface area contributed by atoms with Crippen molar-refractivity contribution in [2.24, 2.45) is 0 Å². The Kier molecular flexibility index (Phi) is 5.56. The SMILES string of the molecule is CC1(C)c2ccccc2-c2cc3c(ccc4cc(-c5nc(-c6cccnc6)nc(-c6ccc7c(c6)oc6ccccc67)n5)ccc43)cc21. The van der Waals surface area contributed by atoms with Gasteiger partial charge in [-0.05, 0) is 92.3 Å². The predicted molar refractivity (Wildman–Crippen MR) is 194 cm³/mol. The third kappa shape index (κ3) is 3.97. The second-order valence-corrected chi connectivity index (χ2v) is 13.1. The zero-order chi connectivity index (χ0) is 32.0. The van der Waals surface area contributed by atoms with E-state index in [9.17, 15) is 0 Å². The molecule has 0 spiro atoms. The van der Waals surface area contributed by atoms with Crippen LogP contribution in [0.3, 0.4) is 0 Å². The summed E-state index contributed by atoms with van der Waals surface area (Å²) < 4.78 is 6.21. The summed E-state index contributed by atoms with van der Waals surface area (Å²) in [6, 6.07) is 42.7. The number of para-hydroxylation sites is 1. The van der Waals surface area contributed by atoms with E-state index in [4.69, 9.17) is 19.4 Å². The Bertz CT molecular complexity index is 2760. The highest BCUT2D eigenvalue weighted by molar-refractivity contribution is 6.11. The summed E-state index contributed by atoms with van der Waals surface area (Å²) in [5.41, 5.74) is 9.66. The van der Waals surface area contributed by atoms with Crippen molar-refractivity contribution in [3.63, 3.8) is 0 Å². The lowest BCUT2D eigenvalue weighted by Gasteiger charge is -2.21. The molecule has 0 fully saturated rings. The highest BCUT2D eigenvalue weighted by Crippen LogP contribution is 2.50. The molecule has 5 heteroatoms. The van der Waals surface area contributed by atoms with Gasteiger partial charge in [0.05, 0.1) is 0 Å². The van der Waals surface area contributed by atoms with E-state index in [0.717, 1.165) is 44.0 Å². The topological polar surface area (TPSA) is 64.7 Å². The number of pyridine rings is 1.